The average molecular weight is 214 g/mol. The lowest BCUT2D eigenvalue weighted by atomic mass is 9.92. The molecular formula is C15H18O. The van der Waals surface area contributed by atoms with Gasteiger partial charge in [-0.05, 0) is 32.3 Å². The lowest BCUT2D eigenvalue weighted by Crippen LogP contribution is -2.05. The minimum absolute atomic E-state index is 0.379. The summed E-state index contributed by atoms with van der Waals surface area (Å²) in [6.45, 7) is 4.27. The fraction of sp³-hybridized carbons (Fsp3) is 0.400. The molecule has 0 fully saturated rings. The molecule has 0 unspecified atom stereocenters. The lowest BCUT2D eigenvalue weighted by Gasteiger charge is -2.13. The van der Waals surface area contributed by atoms with Crippen LogP contribution in [0.25, 0.3) is 0 Å². The highest BCUT2D eigenvalue weighted by Gasteiger charge is 2.10. The first-order chi connectivity index (χ1) is 7.63. The van der Waals surface area contributed by atoms with Gasteiger partial charge in [0.05, 0.1) is 0 Å². The van der Waals surface area contributed by atoms with Crippen LogP contribution in [0, 0.1) is 13.8 Å². The monoisotopic (exact) mass is 214 g/mol. The van der Waals surface area contributed by atoms with Crippen LogP contribution in [0.2, 0.25) is 0 Å². The Bertz CT molecular complexity index is 420. The molecule has 0 bridgehead atoms. The molecule has 0 saturated carbocycles. The van der Waals surface area contributed by atoms with Crippen molar-refractivity contribution in [3.63, 3.8) is 0 Å². The fourth-order valence-corrected chi connectivity index (χ4v) is 2.36. The van der Waals surface area contributed by atoms with Gasteiger partial charge in [0, 0.05) is 12.8 Å². The SMILES string of the molecule is Cc1cc(C)cc(CC2=CCC(=O)CC2)c1. The van der Waals surface area contributed by atoms with Gasteiger partial charge in [0.25, 0.3) is 0 Å². The van der Waals surface area contributed by atoms with Gasteiger partial charge in [-0.3, -0.25) is 4.79 Å². The number of hydrogen-bond donors (Lipinski definition) is 0. The van der Waals surface area contributed by atoms with Crippen LogP contribution in [0.1, 0.15) is 36.0 Å². The molecule has 1 aromatic rings. The van der Waals surface area contributed by atoms with Crippen LogP contribution in [-0.2, 0) is 11.2 Å². The molecule has 0 radical (unpaired) electrons. The topological polar surface area (TPSA) is 17.1 Å². The smallest absolute Gasteiger partial charge is 0.136 e. The third-order valence-corrected chi connectivity index (χ3v) is 3.06. The van der Waals surface area contributed by atoms with E-state index in [0.29, 0.717) is 12.2 Å². The van der Waals surface area contributed by atoms with Gasteiger partial charge in [-0.25, -0.2) is 0 Å². The molecule has 0 heterocycles. The number of benzene rings is 1. The number of hydrogen-bond acceptors (Lipinski definition) is 1. The van der Waals surface area contributed by atoms with Crippen molar-refractivity contribution < 1.29 is 4.79 Å². The van der Waals surface area contributed by atoms with Gasteiger partial charge in [-0.15, -0.1) is 0 Å². The Balaban J connectivity index is 2.12. The van der Waals surface area contributed by atoms with Gasteiger partial charge >= 0.3 is 0 Å². The molecule has 0 saturated heterocycles. The molecule has 0 amide bonds. The molecule has 0 aliphatic heterocycles. The second-order valence-corrected chi connectivity index (χ2v) is 4.78. The molecule has 1 aromatic carbocycles. The Morgan fingerprint density at radius 1 is 1.06 bits per heavy atom. The van der Waals surface area contributed by atoms with Crippen LogP contribution >= 0.6 is 0 Å². The highest BCUT2D eigenvalue weighted by molar-refractivity contribution is 5.81. The van der Waals surface area contributed by atoms with Gasteiger partial charge in [0.2, 0.25) is 0 Å². The summed E-state index contributed by atoms with van der Waals surface area (Å²) in [7, 11) is 0. The molecule has 1 heteroatoms. The van der Waals surface area contributed by atoms with E-state index in [1.807, 2.05) is 0 Å². The normalized spacial score (nSPS) is 16.1. The molecule has 1 nitrogen and oxygen atoms in total. The largest absolute Gasteiger partial charge is 0.299 e. The second kappa shape index (κ2) is 4.65. The molecule has 0 aromatic heterocycles. The lowest BCUT2D eigenvalue weighted by molar-refractivity contribution is -0.118. The van der Waals surface area contributed by atoms with Gasteiger partial charge in [0.1, 0.15) is 5.78 Å². The van der Waals surface area contributed by atoms with E-state index in [4.69, 9.17) is 0 Å². The van der Waals surface area contributed by atoms with Gasteiger partial charge in [-0.2, -0.15) is 0 Å². The Morgan fingerprint density at radius 2 is 1.75 bits per heavy atom. The Morgan fingerprint density at radius 3 is 2.31 bits per heavy atom. The second-order valence-electron chi connectivity index (χ2n) is 4.78. The van der Waals surface area contributed by atoms with Crippen molar-refractivity contribution in [2.45, 2.75) is 39.5 Å². The number of ketones is 1. The summed E-state index contributed by atoms with van der Waals surface area (Å²) < 4.78 is 0. The van der Waals surface area contributed by atoms with Gasteiger partial charge in [-0.1, -0.05) is 41.0 Å². The van der Waals surface area contributed by atoms with Crippen molar-refractivity contribution in [2.75, 3.05) is 0 Å². The predicted octanol–water partition coefficient (Wildman–Crippen LogP) is 3.53. The van der Waals surface area contributed by atoms with Crippen molar-refractivity contribution in [1.29, 1.82) is 0 Å². The predicted molar refractivity (Wildman–Crippen MR) is 66.6 cm³/mol. The number of rotatable bonds is 2. The van der Waals surface area contributed by atoms with E-state index in [1.165, 1.54) is 22.3 Å². The van der Waals surface area contributed by atoms with Crippen LogP contribution in [0.3, 0.4) is 0 Å². The summed E-state index contributed by atoms with van der Waals surface area (Å²) in [6, 6.07) is 6.68. The zero-order chi connectivity index (χ0) is 11.5. The zero-order valence-electron chi connectivity index (χ0n) is 10.0. The third kappa shape index (κ3) is 2.82. The maximum atomic E-state index is 11.1. The van der Waals surface area contributed by atoms with Crippen molar-refractivity contribution in [3.05, 3.63) is 46.5 Å². The Kier molecular flexibility index (Phi) is 3.23. The van der Waals surface area contributed by atoms with Crippen molar-refractivity contribution >= 4 is 5.78 Å². The van der Waals surface area contributed by atoms with E-state index in [-0.39, 0.29) is 0 Å². The number of carbonyl (C=O) groups is 1. The van der Waals surface area contributed by atoms with Gasteiger partial charge < -0.3 is 0 Å². The first kappa shape index (κ1) is 11.1. The molecule has 1 aliphatic carbocycles. The minimum Gasteiger partial charge on any atom is -0.299 e. The summed E-state index contributed by atoms with van der Waals surface area (Å²) in [5.41, 5.74) is 5.44. The quantitative estimate of drug-likeness (QED) is 0.688. The van der Waals surface area contributed by atoms with Crippen molar-refractivity contribution in [2.24, 2.45) is 0 Å². The molecular weight excluding hydrogens is 196 g/mol. The molecule has 16 heavy (non-hydrogen) atoms. The molecule has 0 spiro atoms. The zero-order valence-corrected chi connectivity index (χ0v) is 10.0. The van der Waals surface area contributed by atoms with Crippen molar-refractivity contribution in [3.8, 4) is 0 Å². The first-order valence-electron chi connectivity index (χ1n) is 5.90. The summed E-state index contributed by atoms with van der Waals surface area (Å²) in [5.74, 6) is 0.379. The van der Waals surface area contributed by atoms with E-state index in [2.05, 4.69) is 38.1 Å². The summed E-state index contributed by atoms with van der Waals surface area (Å²) in [5, 5.41) is 0. The maximum Gasteiger partial charge on any atom is 0.136 e. The number of Topliss-reactive ketones (excluding diaryl/α,β-unsaturated/α-hetero) is 1. The van der Waals surface area contributed by atoms with E-state index >= 15 is 0 Å². The summed E-state index contributed by atoms with van der Waals surface area (Å²) in [4.78, 5) is 11.1. The summed E-state index contributed by atoms with van der Waals surface area (Å²) in [6.07, 6.45) is 5.45. The Labute approximate surface area is 97.2 Å². The molecule has 84 valence electrons. The van der Waals surface area contributed by atoms with E-state index < -0.39 is 0 Å². The number of aryl methyl sites for hydroxylation is 2. The van der Waals surface area contributed by atoms with Crippen LogP contribution in [0.4, 0.5) is 0 Å². The highest BCUT2D eigenvalue weighted by atomic mass is 16.1. The van der Waals surface area contributed by atoms with Gasteiger partial charge in [0.15, 0.2) is 0 Å². The van der Waals surface area contributed by atoms with E-state index in [0.717, 1.165) is 19.3 Å². The first-order valence-corrected chi connectivity index (χ1v) is 5.90. The Hall–Kier alpha value is -1.37. The number of allylic oxidation sites excluding steroid dienone is 2. The van der Waals surface area contributed by atoms with Crippen molar-refractivity contribution in [1.82, 2.24) is 0 Å². The van der Waals surface area contributed by atoms with E-state index in [1.54, 1.807) is 0 Å². The minimum atomic E-state index is 0.379. The summed E-state index contributed by atoms with van der Waals surface area (Å²) >= 11 is 0. The van der Waals surface area contributed by atoms with Crippen LogP contribution < -0.4 is 0 Å². The van der Waals surface area contributed by atoms with E-state index in [9.17, 15) is 4.79 Å². The number of carbonyl (C=O) groups excluding carboxylic acids is 1. The molecule has 0 atom stereocenters. The van der Waals surface area contributed by atoms with Crippen LogP contribution in [-0.4, -0.2) is 5.78 Å². The molecule has 0 N–H and O–H groups in total. The van der Waals surface area contributed by atoms with Crippen LogP contribution in [0.15, 0.2) is 29.8 Å². The molecule has 1 aliphatic rings. The third-order valence-electron chi connectivity index (χ3n) is 3.06. The fourth-order valence-electron chi connectivity index (χ4n) is 2.36. The maximum absolute atomic E-state index is 11.1. The average Bonchev–Trinajstić information content (AvgIpc) is 2.20. The highest BCUT2D eigenvalue weighted by Crippen LogP contribution is 2.20. The standard InChI is InChI=1S/C15H18O/c1-11-7-12(2)9-14(8-11)10-13-3-5-15(16)6-4-13/h3,7-9H,4-6,10H2,1-2H3. The molecule has 2 rings (SSSR count). The van der Waals surface area contributed by atoms with Crippen LogP contribution in [0.5, 0.6) is 0 Å².